The molecule has 1 aromatic carbocycles. The number of imidazole rings is 1. The average Bonchev–Trinajstić information content (AvgIpc) is 3.55. The summed E-state index contributed by atoms with van der Waals surface area (Å²) in [5, 5.41) is 5.83. The van der Waals surface area contributed by atoms with E-state index >= 15 is 0 Å². The Balaban J connectivity index is 1.29. The van der Waals surface area contributed by atoms with Crippen molar-refractivity contribution in [2.45, 2.75) is 13.1 Å². The molecule has 4 aromatic heterocycles. The lowest BCUT2D eigenvalue weighted by Gasteiger charge is -2.09. The fraction of sp³-hybridized carbons (Fsp3) is 0.120. The zero-order valence-corrected chi connectivity index (χ0v) is 19.9. The molecule has 182 valence electrons. The Morgan fingerprint density at radius 3 is 2.78 bits per heavy atom. The molecule has 0 saturated carbocycles. The van der Waals surface area contributed by atoms with E-state index in [1.165, 1.54) is 34.2 Å². The van der Waals surface area contributed by atoms with Gasteiger partial charge in [0, 0.05) is 36.7 Å². The second-order valence-corrected chi connectivity index (χ2v) is 9.10. The highest BCUT2D eigenvalue weighted by molar-refractivity contribution is 7.15. The minimum atomic E-state index is -0.993. The van der Waals surface area contributed by atoms with Crippen LogP contribution in [0.1, 0.15) is 20.8 Å². The van der Waals surface area contributed by atoms with Crippen LogP contribution in [-0.4, -0.2) is 31.9 Å². The highest BCUT2D eigenvalue weighted by atomic mass is 32.1. The van der Waals surface area contributed by atoms with Crippen molar-refractivity contribution >= 4 is 28.7 Å². The van der Waals surface area contributed by atoms with Crippen molar-refractivity contribution in [3.05, 3.63) is 105 Å². The Morgan fingerprint density at radius 2 is 1.97 bits per heavy atom. The smallest absolute Gasteiger partial charge is 0.263 e. The Kier molecular flexibility index (Phi) is 6.30. The van der Waals surface area contributed by atoms with Crippen LogP contribution in [0.15, 0.2) is 72.0 Å². The summed E-state index contributed by atoms with van der Waals surface area (Å²) in [6.45, 7) is 0.238. The van der Waals surface area contributed by atoms with E-state index in [1.54, 1.807) is 19.3 Å². The van der Waals surface area contributed by atoms with E-state index in [-0.39, 0.29) is 18.7 Å². The van der Waals surface area contributed by atoms with Crippen LogP contribution in [0.3, 0.4) is 0 Å². The Labute approximate surface area is 207 Å². The van der Waals surface area contributed by atoms with E-state index in [4.69, 9.17) is 0 Å². The molecule has 0 atom stereocenters. The van der Waals surface area contributed by atoms with E-state index in [1.807, 2.05) is 28.9 Å². The SMILES string of the molecule is CNc1nc(-c2ccc(CNC(=O)c3cccn(Cc4ccc(F)c(F)c4)c3=O)s2)cn2ccnc12. The van der Waals surface area contributed by atoms with Crippen molar-refractivity contribution in [3.63, 3.8) is 0 Å². The molecule has 0 saturated heterocycles. The summed E-state index contributed by atoms with van der Waals surface area (Å²) in [6, 6.07) is 10.2. The van der Waals surface area contributed by atoms with Crippen LogP contribution < -0.4 is 16.2 Å². The van der Waals surface area contributed by atoms with Crippen molar-refractivity contribution in [3.8, 4) is 10.6 Å². The normalized spacial score (nSPS) is 11.1. The van der Waals surface area contributed by atoms with Gasteiger partial charge in [0.1, 0.15) is 5.56 Å². The topological polar surface area (TPSA) is 93.3 Å². The predicted molar refractivity (Wildman–Crippen MR) is 133 cm³/mol. The molecule has 5 rings (SSSR count). The lowest BCUT2D eigenvalue weighted by atomic mass is 10.2. The van der Waals surface area contributed by atoms with Gasteiger partial charge in [-0.3, -0.25) is 9.59 Å². The third-order valence-electron chi connectivity index (χ3n) is 5.55. The molecule has 0 fully saturated rings. The molecule has 0 spiro atoms. The highest BCUT2D eigenvalue weighted by Gasteiger charge is 2.14. The summed E-state index contributed by atoms with van der Waals surface area (Å²) in [5.74, 6) is -1.82. The second kappa shape index (κ2) is 9.70. The van der Waals surface area contributed by atoms with Gasteiger partial charge in [-0.15, -0.1) is 11.3 Å². The number of thiophene rings is 1. The maximum absolute atomic E-state index is 13.5. The molecule has 0 aliphatic heterocycles. The van der Waals surface area contributed by atoms with E-state index in [9.17, 15) is 18.4 Å². The first-order valence-electron chi connectivity index (χ1n) is 10.9. The zero-order chi connectivity index (χ0) is 25.2. The van der Waals surface area contributed by atoms with Gasteiger partial charge in [-0.1, -0.05) is 6.07 Å². The second-order valence-electron chi connectivity index (χ2n) is 7.93. The van der Waals surface area contributed by atoms with Gasteiger partial charge in [0.2, 0.25) is 0 Å². The molecular formula is C25H20F2N6O2S. The summed E-state index contributed by atoms with van der Waals surface area (Å²) < 4.78 is 29.9. The van der Waals surface area contributed by atoms with Gasteiger partial charge in [0.05, 0.1) is 23.7 Å². The van der Waals surface area contributed by atoms with Crippen LogP contribution in [0.2, 0.25) is 0 Å². The number of hydrogen-bond acceptors (Lipinski definition) is 6. The number of carbonyl (C=O) groups is 1. The number of halogens is 2. The molecule has 0 radical (unpaired) electrons. The number of aromatic nitrogens is 4. The van der Waals surface area contributed by atoms with Gasteiger partial charge in [-0.2, -0.15) is 0 Å². The van der Waals surface area contributed by atoms with Gasteiger partial charge in [0.15, 0.2) is 23.1 Å². The number of nitrogens with zero attached hydrogens (tertiary/aromatic N) is 4. The molecule has 0 aliphatic carbocycles. The number of hydrogen-bond donors (Lipinski definition) is 2. The molecule has 11 heteroatoms. The Hall–Kier alpha value is -4.38. The summed E-state index contributed by atoms with van der Waals surface area (Å²) in [6.07, 6.45) is 6.92. The molecule has 0 aliphatic rings. The molecule has 1 amide bonds. The molecule has 2 N–H and O–H groups in total. The number of benzene rings is 1. The number of amides is 1. The molecule has 0 bridgehead atoms. The van der Waals surface area contributed by atoms with Crippen LogP contribution in [0.5, 0.6) is 0 Å². The third-order valence-corrected chi connectivity index (χ3v) is 6.66. The fourth-order valence-electron chi connectivity index (χ4n) is 3.76. The van der Waals surface area contributed by atoms with Crippen LogP contribution >= 0.6 is 11.3 Å². The summed E-state index contributed by atoms with van der Waals surface area (Å²) in [7, 11) is 1.78. The molecule has 36 heavy (non-hydrogen) atoms. The maximum Gasteiger partial charge on any atom is 0.263 e. The van der Waals surface area contributed by atoms with Crippen LogP contribution in [0, 0.1) is 11.6 Å². The summed E-state index contributed by atoms with van der Waals surface area (Å²) >= 11 is 1.48. The predicted octanol–water partition coefficient (Wildman–Crippen LogP) is 3.92. The lowest BCUT2D eigenvalue weighted by molar-refractivity contribution is 0.0949. The minimum absolute atomic E-state index is 0.00824. The van der Waals surface area contributed by atoms with Crippen molar-refractivity contribution in [2.75, 3.05) is 12.4 Å². The average molecular weight is 507 g/mol. The minimum Gasteiger partial charge on any atom is -0.370 e. The summed E-state index contributed by atoms with van der Waals surface area (Å²) in [4.78, 5) is 36.3. The number of nitrogens with one attached hydrogen (secondary N) is 2. The quantitative estimate of drug-likeness (QED) is 0.349. The third kappa shape index (κ3) is 4.60. The fourth-order valence-corrected chi connectivity index (χ4v) is 4.66. The van der Waals surface area contributed by atoms with Gasteiger partial charge in [0.25, 0.3) is 11.5 Å². The van der Waals surface area contributed by atoms with Gasteiger partial charge >= 0.3 is 0 Å². The van der Waals surface area contributed by atoms with E-state index in [0.29, 0.717) is 11.4 Å². The van der Waals surface area contributed by atoms with Crippen molar-refractivity contribution in [1.82, 2.24) is 24.3 Å². The van der Waals surface area contributed by atoms with E-state index < -0.39 is 23.1 Å². The molecule has 5 aromatic rings. The zero-order valence-electron chi connectivity index (χ0n) is 19.0. The van der Waals surface area contributed by atoms with Crippen molar-refractivity contribution in [2.24, 2.45) is 0 Å². The number of pyridine rings is 1. The number of fused-ring (bicyclic) bond motifs is 1. The van der Waals surface area contributed by atoms with Gasteiger partial charge < -0.3 is 19.6 Å². The van der Waals surface area contributed by atoms with E-state index in [0.717, 1.165) is 33.2 Å². The maximum atomic E-state index is 13.5. The molecular weight excluding hydrogens is 486 g/mol. The van der Waals surface area contributed by atoms with Crippen LogP contribution in [0.4, 0.5) is 14.6 Å². The standard InChI is InChI=1S/C25H20F2N6O2S/c1-28-22-23-29-8-10-32(23)14-20(31-22)21-7-5-16(36-21)12-30-24(34)17-3-2-9-33(25(17)35)13-15-4-6-18(26)19(27)11-15/h2-11,14H,12-13H2,1H3,(H,28,31)(H,30,34). The number of anilines is 1. The first kappa shape index (κ1) is 23.4. The van der Waals surface area contributed by atoms with E-state index in [2.05, 4.69) is 20.6 Å². The van der Waals surface area contributed by atoms with Crippen molar-refractivity contribution < 1.29 is 13.6 Å². The largest absolute Gasteiger partial charge is 0.370 e. The van der Waals surface area contributed by atoms with Gasteiger partial charge in [-0.05, 0) is 42.0 Å². The van der Waals surface area contributed by atoms with Crippen molar-refractivity contribution in [1.29, 1.82) is 0 Å². The Bertz CT molecular complexity index is 1640. The first-order valence-corrected chi connectivity index (χ1v) is 11.8. The molecule has 8 nitrogen and oxygen atoms in total. The van der Waals surface area contributed by atoms with Crippen LogP contribution in [-0.2, 0) is 13.1 Å². The highest BCUT2D eigenvalue weighted by Crippen LogP contribution is 2.28. The molecule has 0 unspecified atom stereocenters. The van der Waals surface area contributed by atoms with Gasteiger partial charge in [-0.25, -0.2) is 18.7 Å². The first-order chi connectivity index (χ1) is 17.4. The Morgan fingerprint density at radius 1 is 1.11 bits per heavy atom. The lowest BCUT2D eigenvalue weighted by Crippen LogP contribution is -2.32. The summed E-state index contributed by atoms with van der Waals surface area (Å²) in [5.41, 5.74) is 1.33. The number of rotatable bonds is 7. The monoisotopic (exact) mass is 506 g/mol. The van der Waals surface area contributed by atoms with Crippen LogP contribution in [0.25, 0.3) is 16.2 Å². The number of carbonyl (C=O) groups excluding carboxylic acids is 1. The molecule has 4 heterocycles.